The topological polar surface area (TPSA) is 62.2 Å². The summed E-state index contributed by atoms with van der Waals surface area (Å²) in [5.74, 6) is 0.245. The highest BCUT2D eigenvalue weighted by atomic mass is 35.5. The molecule has 0 aliphatic heterocycles. The van der Waals surface area contributed by atoms with Gasteiger partial charge in [-0.05, 0) is 30.9 Å². The van der Waals surface area contributed by atoms with E-state index in [4.69, 9.17) is 11.6 Å². The molecule has 110 valence electrons. The molecular formula is C15H21ClN2O2. The summed E-state index contributed by atoms with van der Waals surface area (Å²) >= 11 is 6.00. The molecule has 0 saturated heterocycles. The largest absolute Gasteiger partial charge is 0.393 e. The molecule has 0 unspecified atom stereocenters. The van der Waals surface area contributed by atoms with Crippen molar-refractivity contribution in [2.24, 2.45) is 5.92 Å². The molecule has 1 fully saturated rings. The van der Waals surface area contributed by atoms with E-state index in [1.54, 1.807) is 12.1 Å². The summed E-state index contributed by atoms with van der Waals surface area (Å²) in [6, 6.07) is 3.37. The third-order valence-electron chi connectivity index (χ3n) is 3.59. The maximum atomic E-state index is 12.1. The normalized spacial score (nSPS) is 22.2. The first-order valence-electron chi connectivity index (χ1n) is 6.90. The number of aliphatic hydroxyl groups is 1. The fourth-order valence-electron chi connectivity index (χ4n) is 2.22. The first-order chi connectivity index (χ1) is 9.25. The molecule has 4 nitrogen and oxygen atoms in total. The minimum Gasteiger partial charge on any atom is -0.393 e. The van der Waals surface area contributed by atoms with Crippen LogP contribution in [0.25, 0.3) is 0 Å². The lowest BCUT2D eigenvalue weighted by Gasteiger charge is -2.31. The van der Waals surface area contributed by atoms with E-state index in [9.17, 15) is 9.90 Å². The number of aliphatic hydroxyl groups excluding tert-OH is 1. The van der Waals surface area contributed by atoms with Crippen LogP contribution in [0.3, 0.4) is 0 Å². The lowest BCUT2D eigenvalue weighted by Crippen LogP contribution is -2.38. The van der Waals surface area contributed by atoms with Crippen LogP contribution in [0.4, 0.5) is 0 Å². The molecule has 0 bridgehead atoms. The zero-order chi connectivity index (χ0) is 14.9. The second-order valence-electron chi connectivity index (χ2n) is 6.52. The third kappa shape index (κ3) is 3.70. The van der Waals surface area contributed by atoms with Gasteiger partial charge in [0.15, 0.2) is 0 Å². The maximum Gasteiger partial charge on any atom is 0.251 e. The fourth-order valence-corrected chi connectivity index (χ4v) is 2.43. The lowest BCUT2D eigenvalue weighted by atomic mass is 9.82. The van der Waals surface area contributed by atoms with Gasteiger partial charge in [-0.2, -0.15) is 0 Å². The molecule has 1 aliphatic rings. The Hall–Kier alpha value is -1.13. The van der Waals surface area contributed by atoms with Crippen LogP contribution < -0.4 is 5.32 Å². The summed E-state index contributed by atoms with van der Waals surface area (Å²) in [6.07, 6.45) is 1.34. The van der Waals surface area contributed by atoms with Crippen LogP contribution in [0.5, 0.6) is 0 Å². The molecule has 1 aromatic rings. The zero-order valence-corrected chi connectivity index (χ0v) is 12.9. The molecule has 1 aromatic heterocycles. The summed E-state index contributed by atoms with van der Waals surface area (Å²) < 4.78 is 0. The van der Waals surface area contributed by atoms with E-state index in [1.165, 1.54) is 0 Å². The van der Waals surface area contributed by atoms with Crippen LogP contribution in [0, 0.1) is 5.92 Å². The van der Waals surface area contributed by atoms with Gasteiger partial charge in [0.25, 0.3) is 5.91 Å². The first-order valence-corrected chi connectivity index (χ1v) is 7.28. The van der Waals surface area contributed by atoms with Gasteiger partial charge in [0.05, 0.1) is 6.10 Å². The fraction of sp³-hybridized carbons (Fsp3) is 0.600. The highest BCUT2D eigenvalue weighted by Crippen LogP contribution is 2.26. The zero-order valence-electron chi connectivity index (χ0n) is 12.1. The Kier molecular flexibility index (Phi) is 4.35. The van der Waals surface area contributed by atoms with Crippen molar-refractivity contribution in [2.45, 2.75) is 45.1 Å². The van der Waals surface area contributed by atoms with Gasteiger partial charge in [0.2, 0.25) is 0 Å². The SMILES string of the molecule is CC(C)(C)c1cc(C(=O)NCC2CC(O)C2)cc(Cl)n1. The molecule has 1 saturated carbocycles. The van der Waals surface area contributed by atoms with Gasteiger partial charge in [0, 0.05) is 23.2 Å². The Labute approximate surface area is 124 Å². The minimum atomic E-state index is -0.195. The second-order valence-corrected chi connectivity index (χ2v) is 6.90. The molecule has 5 heteroatoms. The number of pyridine rings is 1. The van der Waals surface area contributed by atoms with Gasteiger partial charge in [-0.1, -0.05) is 32.4 Å². The number of hydrogen-bond donors (Lipinski definition) is 2. The van der Waals surface area contributed by atoms with Gasteiger partial charge in [-0.15, -0.1) is 0 Å². The van der Waals surface area contributed by atoms with E-state index >= 15 is 0 Å². The highest BCUT2D eigenvalue weighted by Gasteiger charge is 2.27. The van der Waals surface area contributed by atoms with Crippen molar-refractivity contribution in [2.75, 3.05) is 6.54 Å². The Bertz CT molecular complexity index is 505. The van der Waals surface area contributed by atoms with Gasteiger partial charge in [-0.3, -0.25) is 4.79 Å². The molecule has 1 heterocycles. The van der Waals surface area contributed by atoms with Crippen LogP contribution >= 0.6 is 11.6 Å². The molecule has 1 aliphatic carbocycles. The monoisotopic (exact) mass is 296 g/mol. The minimum absolute atomic E-state index is 0.138. The number of carbonyl (C=O) groups excluding carboxylic acids is 1. The second kappa shape index (κ2) is 5.70. The van der Waals surface area contributed by atoms with Crippen molar-refractivity contribution in [3.8, 4) is 0 Å². The highest BCUT2D eigenvalue weighted by molar-refractivity contribution is 6.29. The lowest BCUT2D eigenvalue weighted by molar-refractivity contribution is 0.0420. The van der Waals surface area contributed by atoms with Gasteiger partial charge in [-0.25, -0.2) is 4.98 Å². The number of nitrogens with one attached hydrogen (secondary N) is 1. The molecule has 2 N–H and O–H groups in total. The molecule has 0 spiro atoms. The van der Waals surface area contributed by atoms with Crippen molar-refractivity contribution in [1.29, 1.82) is 0 Å². The molecule has 20 heavy (non-hydrogen) atoms. The molecule has 2 rings (SSSR count). The number of rotatable bonds is 3. The molecule has 1 amide bonds. The Morgan fingerprint density at radius 1 is 1.45 bits per heavy atom. The number of halogens is 1. The summed E-state index contributed by atoms with van der Waals surface area (Å²) in [6.45, 7) is 6.69. The summed E-state index contributed by atoms with van der Waals surface area (Å²) in [7, 11) is 0. The van der Waals surface area contributed by atoms with E-state index in [2.05, 4.69) is 10.3 Å². The summed E-state index contributed by atoms with van der Waals surface area (Å²) in [5.41, 5.74) is 1.18. The van der Waals surface area contributed by atoms with Gasteiger partial charge in [0.1, 0.15) is 5.15 Å². The Morgan fingerprint density at radius 2 is 2.10 bits per heavy atom. The third-order valence-corrected chi connectivity index (χ3v) is 3.78. The van der Waals surface area contributed by atoms with Crippen molar-refractivity contribution in [1.82, 2.24) is 10.3 Å². The molecule has 0 radical (unpaired) electrons. The molecule has 0 aromatic carbocycles. The number of hydrogen-bond acceptors (Lipinski definition) is 3. The summed E-state index contributed by atoms with van der Waals surface area (Å²) in [5, 5.41) is 12.5. The van der Waals surface area contributed by atoms with Crippen LogP contribution in [0.1, 0.15) is 49.7 Å². The van der Waals surface area contributed by atoms with E-state index in [1.807, 2.05) is 20.8 Å². The average molecular weight is 297 g/mol. The number of amides is 1. The molecule has 0 atom stereocenters. The van der Waals surface area contributed by atoms with E-state index < -0.39 is 0 Å². The van der Waals surface area contributed by atoms with Crippen molar-refractivity contribution in [3.63, 3.8) is 0 Å². The Morgan fingerprint density at radius 3 is 2.65 bits per heavy atom. The van der Waals surface area contributed by atoms with Crippen LogP contribution in [-0.4, -0.2) is 28.6 Å². The number of nitrogens with zero attached hydrogens (tertiary/aromatic N) is 1. The van der Waals surface area contributed by atoms with Gasteiger partial charge >= 0.3 is 0 Å². The predicted molar refractivity (Wildman–Crippen MR) is 79.0 cm³/mol. The Balaban J connectivity index is 2.04. The van der Waals surface area contributed by atoms with Crippen LogP contribution in [-0.2, 0) is 5.41 Å². The van der Waals surface area contributed by atoms with Crippen molar-refractivity contribution >= 4 is 17.5 Å². The van der Waals surface area contributed by atoms with Gasteiger partial charge < -0.3 is 10.4 Å². The smallest absolute Gasteiger partial charge is 0.251 e. The predicted octanol–water partition coefficient (Wildman–Crippen LogP) is 2.53. The summed E-state index contributed by atoms with van der Waals surface area (Å²) in [4.78, 5) is 16.4. The first kappa shape index (κ1) is 15.3. The van der Waals surface area contributed by atoms with E-state index in [0.29, 0.717) is 23.2 Å². The molecular weight excluding hydrogens is 276 g/mol. The van der Waals surface area contributed by atoms with Crippen molar-refractivity contribution < 1.29 is 9.90 Å². The maximum absolute atomic E-state index is 12.1. The quantitative estimate of drug-likeness (QED) is 0.843. The van der Waals surface area contributed by atoms with Crippen LogP contribution in [0.15, 0.2) is 12.1 Å². The standard InChI is InChI=1S/C15H21ClN2O2/c1-15(2,3)12-6-10(7-13(16)18-12)14(20)17-8-9-4-11(19)5-9/h6-7,9,11,19H,4-5,8H2,1-3H3,(H,17,20). The average Bonchev–Trinajstić information content (AvgIpc) is 2.31. The van der Waals surface area contributed by atoms with E-state index in [-0.39, 0.29) is 17.4 Å². The van der Waals surface area contributed by atoms with Crippen LogP contribution in [0.2, 0.25) is 5.15 Å². The number of carbonyl (C=O) groups is 1. The van der Waals surface area contributed by atoms with E-state index in [0.717, 1.165) is 18.5 Å². The number of aromatic nitrogens is 1. The van der Waals surface area contributed by atoms with Crippen molar-refractivity contribution in [3.05, 3.63) is 28.5 Å².